The summed E-state index contributed by atoms with van der Waals surface area (Å²) in [6.45, 7) is -0.781. The number of nitrogens with zero attached hydrogens (tertiary/aromatic N) is 1. The number of nitrogens with one attached hydrogen (secondary N) is 2. The second kappa shape index (κ2) is 9.43. The molecule has 0 fully saturated rings. The lowest BCUT2D eigenvalue weighted by atomic mass is 10.2. The molecule has 1 heterocycles. The van der Waals surface area contributed by atoms with Crippen LogP contribution < -0.4 is 10.6 Å². The van der Waals surface area contributed by atoms with Gasteiger partial charge in [-0.15, -0.1) is 11.3 Å². The first kappa shape index (κ1) is 19.2. The van der Waals surface area contributed by atoms with E-state index in [1.54, 1.807) is 30.3 Å². The average Bonchev–Trinajstić information content (AvgIpc) is 3.20. The zero-order valence-electron chi connectivity index (χ0n) is 14.8. The Balaban J connectivity index is 1.41. The van der Waals surface area contributed by atoms with Crippen molar-refractivity contribution in [1.29, 1.82) is 0 Å². The van der Waals surface area contributed by atoms with Crippen LogP contribution in [0.2, 0.25) is 0 Å². The zero-order chi connectivity index (χ0) is 19.8. The first-order valence-corrected chi connectivity index (χ1v) is 9.29. The summed E-state index contributed by atoms with van der Waals surface area (Å²) >= 11 is 1.28. The van der Waals surface area contributed by atoms with E-state index in [0.29, 0.717) is 10.7 Å². The summed E-state index contributed by atoms with van der Waals surface area (Å²) in [5, 5.41) is 7.26. The SMILES string of the molecule is O=C(COC(=O)CNC(=O)c1ccccc1)Nc1nc(-c2ccccc2)cs1. The smallest absolute Gasteiger partial charge is 0.325 e. The molecule has 7 nitrogen and oxygen atoms in total. The molecule has 0 aliphatic heterocycles. The van der Waals surface area contributed by atoms with Crippen LogP contribution in [0.15, 0.2) is 66.0 Å². The average molecular weight is 395 g/mol. The summed E-state index contributed by atoms with van der Waals surface area (Å²) in [7, 11) is 0. The number of benzene rings is 2. The van der Waals surface area contributed by atoms with Gasteiger partial charge in [-0.3, -0.25) is 19.7 Å². The highest BCUT2D eigenvalue weighted by atomic mass is 32.1. The molecule has 8 heteroatoms. The van der Waals surface area contributed by atoms with Crippen molar-refractivity contribution < 1.29 is 19.1 Å². The number of amides is 2. The summed E-state index contributed by atoms with van der Waals surface area (Å²) in [5.41, 5.74) is 2.13. The Bertz CT molecular complexity index is 958. The molecule has 2 amide bonds. The summed E-state index contributed by atoms with van der Waals surface area (Å²) in [6.07, 6.45) is 0. The van der Waals surface area contributed by atoms with Gasteiger partial charge in [-0.2, -0.15) is 0 Å². The fourth-order valence-corrected chi connectivity index (χ4v) is 3.00. The molecule has 0 radical (unpaired) electrons. The van der Waals surface area contributed by atoms with Gasteiger partial charge in [0.15, 0.2) is 11.7 Å². The summed E-state index contributed by atoms with van der Waals surface area (Å²) in [5.74, 6) is -1.60. The van der Waals surface area contributed by atoms with E-state index in [1.807, 2.05) is 35.7 Å². The molecule has 2 N–H and O–H groups in total. The van der Waals surface area contributed by atoms with Gasteiger partial charge >= 0.3 is 5.97 Å². The van der Waals surface area contributed by atoms with Gasteiger partial charge in [0.2, 0.25) is 0 Å². The number of ether oxygens (including phenoxy) is 1. The first-order chi connectivity index (χ1) is 13.6. The highest BCUT2D eigenvalue weighted by Gasteiger charge is 2.12. The van der Waals surface area contributed by atoms with Crippen LogP contribution in [0.1, 0.15) is 10.4 Å². The fraction of sp³-hybridized carbons (Fsp3) is 0.100. The van der Waals surface area contributed by atoms with E-state index in [2.05, 4.69) is 15.6 Å². The van der Waals surface area contributed by atoms with Gasteiger partial charge in [-0.05, 0) is 12.1 Å². The number of hydrogen-bond donors (Lipinski definition) is 2. The molecule has 0 saturated heterocycles. The predicted octanol–water partition coefficient (Wildman–Crippen LogP) is 2.72. The minimum Gasteiger partial charge on any atom is -0.454 e. The normalized spacial score (nSPS) is 10.1. The van der Waals surface area contributed by atoms with Gasteiger partial charge in [0.25, 0.3) is 11.8 Å². The Morgan fingerprint density at radius 3 is 2.36 bits per heavy atom. The third kappa shape index (κ3) is 5.49. The van der Waals surface area contributed by atoms with Crippen LogP contribution in [0.4, 0.5) is 5.13 Å². The van der Waals surface area contributed by atoms with E-state index in [-0.39, 0.29) is 6.54 Å². The molecule has 142 valence electrons. The Labute approximate surface area is 165 Å². The van der Waals surface area contributed by atoms with Crippen LogP contribution in [0, 0.1) is 0 Å². The van der Waals surface area contributed by atoms with Crippen molar-refractivity contribution in [2.24, 2.45) is 0 Å². The molecular formula is C20H17N3O4S. The summed E-state index contributed by atoms with van der Waals surface area (Å²) in [6, 6.07) is 18.1. The maximum Gasteiger partial charge on any atom is 0.325 e. The first-order valence-electron chi connectivity index (χ1n) is 8.41. The van der Waals surface area contributed by atoms with E-state index < -0.39 is 24.4 Å². The number of hydrogen-bond acceptors (Lipinski definition) is 6. The van der Waals surface area contributed by atoms with Gasteiger partial charge in [0.05, 0.1) is 5.69 Å². The number of rotatable bonds is 7. The van der Waals surface area contributed by atoms with Gasteiger partial charge in [-0.25, -0.2) is 4.98 Å². The van der Waals surface area contributed by atoms with Crippen LogP contribution in [0.5, 0.6) is 0 Å². The van der Waals surface area contributed by atoms with Crippen molar-refractivity contribution in [3.05, 3.63) is 71.6 Å². The minimum atomic E-state index is -0.705. The predicted molar refractivity (Wildman–Crippen MR) is 106 cm³/mol. The summed E-state index contributed by atoms with van der Waals surface area (Å²) in [4.78, 5) is 39.8. The number of thiazole rings is 1. The number of esters is 1. The Morgan fingerprint density at radius 1 is 0.964 bits per heavy atom. The molecule has 0 aliphatic rings. The molecule has 3 aromatic rings. The van der Waals surface area contributed by atoms with Crippen molar-refractivity contribution >= 4 is 34.3 Å². The highest BCUT2D eigenvalue weighted by Crippen LogP contribution is 2.24. The Hall–Kier alpha value is -3.52. The number of anilines is 1. The molecule has 0 aliphatic carbocycles. The van der Waals surface area contributed by atoms with Crippen LogP contribution in [-0.2, 0) is 14.3 Å². The molecule has 0 saturated carbocycles. The number of carbonyl (C=O) groups is 3. The van der Waals surface area contributed by atoms with Gasteiger partial charge < -0.3 is 10.1 Å². The van der Waals surface area contributed by atoms with Crippen molar-refractivity contribution in [2.45, 2.75) is 0 Å². The topological polar surface area (TPSA) is 97.4 Å². The van der Waals surface area contributed by atoms with Crippen molar-refractivity contribution in [2.75, 3.05) is 18.5 Å². The van der Waals surface area contributed by atoms with Gasteiger partial charge in [0.1, 0.15) is 6.54 Å². The molecule has 28 heavy (non-hydrogen) atoms. The van der Waals surface area contributed by atoms with Gasteiger partial charge in [-0.1, -0.05) is 48.5 Å². The summed E-state index contributed by atoms with van der Waals surface area (Å²) < 4.78 is 4.86. The highest BCUT2D eigenvalue weighted by molar-refractivity contribution is 7.14. The molecule has 0 atom stereocenters. The fourth-order valence-electron chi connectivity index (χ4n) is 2.27. The van der Waals surface area contributed by atoms with Crippen molar-refractivity contribution in [3.8, 4) is 11.3 Å². The third-order valence-corrected chi connectivity index (χ3v) is 4.37. The van der Waals surface area contributed by atoms with Crippen LogP contribution in [0.3, 0.4) is 0 Å². The van der Waals surface area contributed by atoms with Crippen molar-refractivity contribution in [1.82, 2.24) is 10.3 Å². The molecule has 0 spiro atoms. The van der Waals surface area contributed by atoms with E-state index in [1.165, 1.54) is 11.3 Å². The lowest BCUT2D eigenvalue weighted by Gasteiger charge is -2.06. The lowest BCUT2D eigenvalue weighted by molar-refractivity contribution is -0.146. The maximum atomic E-state index is 11.9. The maximum absolute atomic E-state index is 11.9. The molecule has 0 unspecified atom stereocenters. The van der Waals surface area contributed by atoms with E-state index in [4.69, 9.17) is 4.74 Å². The molecule has 0 bridgehead atoms. The standard InChI is InChI=1S/C20H17N3O4S/c24-17(23-20-22-16(13-28-20)14-7-3-1-4-8-14)12-27-18(25)11-21-19(26)15-9-5-2-6-10-15/h1-10,13H,11-12H2,(H,21,26)(H,22,23,24). The molecule has 1 aromatic heterocycles. The number of carbonyl (C=O) groups excluding carboxylic acids is 3. The number of aromatic nitrogens is 1. The van der Waals surface area contributed by atoms with Crippen LogP contribution in [0.25, 0.3) is 11.3 Å². The largest absolute Gasteiger partial charge is 0.454 e. The minimum absolute atomic E-state index is 0.323. The van der Waals surface area contributed by atoms with Crippen LogP contribution >= 0.6 is 11.3 Å². The van der Waals surface area contributed by atoms with E-state index in [9.17, 15) is 14.4 Å². The molecule has 3 rings (SSSR count). The second-order valence-electron chi connectivity index (χ2n) is 5.66. The zero-order valence-corrected chi connectivity index (χ0v) is 15.6. The van der Waals surface area contributed by atoms with Gasteiger partial charge in [0, 0.05) is 16.5 Å². The van der Waals surface area contributed by atoms with Crippen LogP contribution in [-0.4, -0.2) is 35.9 Å². The molecule has 2 aromatic carbocycles. The monoisotopic (exact) mass is 395 g/mol. The lowest BCUT2D eigenvalue weighted by Crippen LogP contribution is -2.32. The van der Waals surface area contributed by atoms with E-state index in [0.717, 1.165) is 11.3 Å². The third-order valence-electron chi connectivity index (χ3n) is 3.61. The van der Waals surface area contributed by atoms with Crippen molar-refractivity contribution in [3.63, 3.8) is 0 Å². The quantitative estimate of drug-likeness (QED) is 0.600. The molecular weight excluding hydrogens is 378 g/mol. The Kier molecular flexibility index (Phi) is 6.48. The van der Waals surface area contributed by atoms with E-state index >= 15 is 0 Å². The Morgan fingerprint density at radius 2 is 1.64 bits per heavy atom. The second-order valence-corrected chi connectivity index (χ2v) is 6.52.